The second kappa shape index (κ2) is 4.12. The molecule has 1 aromatic carbocycles. The van der Waals surface area contributed by atoms with Crippen molar-refractivity contribution in [2.75, 3.05) is 18.1 Å². The van der Waals surface area contributed by atoms with Gasteiger partial charge in [-0.3, -0.25) is 4.79 Å². The van der Waals surface area contributed by atoms with Crippen LogP contribution < -0.4 is 9.64 Å². The fourth-order valence-corrected chi connectivity index (χ4v) is 1.65. The highest BCUT2D eigenvalue weighted by atomic mass is 16.5. The van der Waals surface area contributed by atoms with Crippen LogP contribution in [0.4, 0.5) is 11.4 Å². The maximum atomic E-state index is 11.5. The van der Waals surface area contributed by atoms with Gasteiger partial charge in [0.2, 0.25) is 0 Å². The van der Waals surface area contributed by atoms with Crippen molar-refractivity contribution in [3.8, 4) is 5.75 Å². The van der Waals surface area contributed by atoms with Gasteiger partial charge in [-0.1, -0.05) is 11.2 Å². The Morgan fingerprint density at radius 2 is 2.44 bits per heavy atom. The molecule has 2 rings (SSSR count). The van der Waals surface area contributed by atoms with Crippen LogP contribution in [0, 0.1) is 0 Å². The quantitative estimate of drug-likeness (QED) is 0.434. The number of amides is 1. The maximum Gasteiger partial charge on any atom is 0.265 e. The molecule has 0 aliphatic carbocycles. The van der Waals surface area contributed by atoms with Crippen LogP contribution in [-0.2, 0) is 4.79 Å². The van der Waals surface area contributed by atoms with Crippen LogP contribution in [0.3, 0.4) is 0 Å². The highest BCUT2D eigenvalue weighted by Crippen LogP contribution is 2.35. The van der Waals surface area contributed by atoms with Crippen LogP contribution in [0.5, 0.6) is 5.75 Å². The molecule has 0 aromatic heterocycles. The van der Waals surface area contributed by atoms with Crippen LogP contribution in [0.15, 0.2) is 23.3 Å². The summed E-state index contributed by atoms with van der Waals surface area (Å²) in [4.78, 5) is 15.9. The molecule has 0 saturated heterocycles. The fourth-order valence-electron chi connectivity index (χ4n) is 1.65. The molecule has 1 aliphatic heterocycles. The molecule has 16 heavy (non-hydrogen) atoms. The number of hydrogen-bond acceptors (Lipinski definition) is 3. The van der Waals surface area contributed by atoms with E-state index in [0.717, 1.165) is 5.69 Å². The minimum Gasteiger partial charge on any atom is -0.482 e. The normalized spacial score (nSPS) is 13.8. The zero-order chi connectivity index (χ0) is 11.5. The average Bonchev–Trinajstić information content (AvgIpc) is 2.30. The lowest BCUT2D eigenvalue weighted by molar-refractivity contribution is -0.121. The van der Waals surface area contributed by atoms with Gasteiger partial charge >= 0.3 is 0 Å². The Bertz CT molecular complexity index is 480. The van der Waals surface area contributed by atoms with Crippen molar-refractivity contribution in [2.24, 2.45) is 5.11 Å². The van der Waals surface area contributed by atoms with Gasteiger partial charge in [-0.05, 0) is 24.6 Å². The van der Waals surface area contributed by atoms with E-state index >= 15 is 0 Å². The first-order valence-electron chi connectivity index (χ1n) is 4.88. The predicted molar refractivity (Wildman–Crippen MR) is 58.8 cm³/mol. The zero-order valence-electron chi connectivity index (χ0n) is 8.75. The number of azide groups is 1. The molecule has 6 nitrogen and oxygen atoms in total. The molecule has 1 aliphatic rings. The van der Waals surface area contributed by atoms with Gasteiger partial charge in [0.15, 0.2) is 6.61 Å². The van der Waals surface area contributed by atoms with Crippen LogP contribution in [0.2, 0.25) is 0 Å². The van der Waals surface area contributed by atoms with E-state index in [1.807, 2.05) is 6.92 Å². The van der Waals surface area contributed by atoms with Gasteiger partial charge in [0.25, 0.3) is 5.91 Å². The van der Waals surface area contributed by atoms with Gasteiger partial charge in [-0.2, -0.15) is 0 Å². The van der Waals surface area contributed by atoms with Gasteiger partial charge in [0, 0.05) is 17.1 Å². The Hall–Kier alpha value is -2.20. The zero-order valence-corrected chi connectivity index (χ0v) is 8.75. The highest BCUT2D eigenvalue weighted by molar-refractivity contribution is 5.98. The summed E-state index contributed by atoms with van der Waals surface area (Å²) in [6.45, 7) is 2.52. The fraction of sp³-hybridized carbons (Fsp3) is 0.300. The van der Waals surface area contributed by atoms with Crippen molar-refractivity contribution in [2.45, 2.75) is 6.92 Å². The molecule has 0 bridgehead atoms. The summed E-state index contributed by atoms with van der Waals surface area (Å²) in [5.41, 5.74) is 9.51. The van der Waals surface area contributed by atoms with E-state index in [9.17, 15) is 4.79 Å². The van der Waals surface area contributed by atoms with E-state index in [0.29, 0.717) is 18.0 Å². The number of carbonyl (C=O) groups is 1. The van der Waals surface area contributed by atoms with Crippen molar-refractivity contribution in [3.05, 3.63) is 28.6 Å². The molecular formula is C10H10N4O2. The summed E-state index contributed by atoms with van der Waals surface area (Å²) in [5, 5.41) is 3.48. The Morgan fingerprint density at radius 3 is 3.12 bits per heavy atom. The van der Waals surface area contributed by atoms with Crippen LogP contribution >= 0.6 is 0 Å². The van der Waals surface area contributed by atoms with Crippen molar-refractivity contribution < 1.29 is 9.53 Å². The largest absolute Gasteiger partial charge is 0.482 e. The topological polar surface area (TPSA) is 78.3 Å². The van der Waals surface area contributed by atoms with Crippen molar-refractivity contribution in [1.29, 1.82) is 0 Å². The number of fused-ring (bicyclic) bond motifs is 1. The molecule has 0 unspecified atom stereocenters. The summed E-state index contributed by atoms with van der Waals surface area (Å²) in [6, 6.07) is 5.01. The summed E-state index contributed by atoms with van der Waals surface area (Å²) >= 11 is 0. The van der Waals surface area contributed by atoms with E-state index in [-0.39, 0.29) is 12.5 Å². The smallest absolute Gasteiger partial charge is 0.265 e. The number of nitrogens with zero attached hydrogens (tertiary/aromatic N) is 4. The minimum absolute atomic E-state index is 0.0283. The standard InChI is InChI=1S/C10H10N4O2/c1-2-14-8-4-3-7(12-13-11)5-9(8)16-6-10(14)15/h3-5H,2,6H2,1H3. The lowest BCUT2D eigenvalue weighted by Crippen LogP contribution is -2.38. The Labute approximate surface area is 92.1 Å². The van der Waals surface area contributed by atoms with E-state index in [4.69, 9.17) is 10.3 Å². The van der Waals surface area contributed by atoms with Crippen LogP contribution in [-0.4, -0.2) is 19.1 Å². The number of benzene rings is 1. The van der Waals surface area contributed by atoms with E-state index in [2.05, 4.69) is 10.0 Å². The lowest BCUT2D eigenvalue weighted by atomic mass is 10.2. The van der Waals surface area contributed by atoms with Gasteiger partial charge in [-0.15, -0.1) is 0 Å². The maximum absolute atomic E-state index is 11.5. The molecule has 0 fully saturated rings. The first-order chi connectivity index (χ1) is 7.76. The summed E-state index contributed by atoms with van der Waals surface area (Å²) < 4.78 is 5.28. The molecule has 1 heterocycles. The molecule has 0 radical (unpaired) electrons. The second-order valence-corrected chi connectivity index (χ2v) is 3.27. The SMILES string of the molecule is CCN1C(=O)COc2cc(N=[N+]=[N-])ccc21. The number of likely N-dealkylation sites (N-methyl/N-ethyl adjacent to an activating group) is 1. The molecule has 0 atom stereocenters. The molecular weight excluding hydrogens is 208 g/mol. The van der Waals surface area contributed by atoms with Crippen LogP contribution in [0.25, 0.3) is 10.4 Å². The summed E-state index contributed by atoms with van der Waals surface area (Å²) in [5.74, 6) is 0.512. The van der Waals surface area contributed by atoms with Crippen molar-refractivity contribution in [1.82, 2.24) is 0 Å². The number of hydrogen-bond donors (Lipinski definition) is 0. The summed E-state index contributed by atoms with van der Waals surface area (Å²) in [6.07, 6.45) is 0. The van der Waals surface area contributed by atoms with Gasteiger partial charge < -0.3 is 9.64 Å². The third-order valence-corrected chi connectivity index (χ3v) is 2.36. The monoisotopic (exact) mass is 218 g/mol. The number of rotatable bonds is 2. The van der Waals surface area contributed by atoms with E-state index in [1.54, 1.807) is 23.1 Å². The predicted octanol–water partition coefficient (Wildman–Crippen LogP) is 2.37. The van der Waals surface area contributed by atoms with Gasteiger partial charge in [0.05, 0.1) is 5.69 Å². The molecule has 6 heteroatoms. The first kappa shape index (κ1) is 10.3. The Kier molecular flexibility index (Phi) is 2.66. The second-order valence-electron chi connectivity index (χ2n) is 3.27. The first-order valence-corrected chi connectivity index (χ1v) is 4.88. The molecule has 82 valence electrons. The molecule has 0 saturated carbocycles. The highest BCUT2D eigenvalue weighted by Gasteiger charge is 2.23. The third-order valence-electron chi connectivity index (χ3n) is 2.36. The summed E-state index contributed by atoms with van der Waals surface area (Å²) in [7, 11) is 0. The van der Waals surface area contributed by atoms with Gasteiger partial charge in [0.1, 0.15) is 5.75 Å². The third kappa shape index (κ3) is 1.66. The van der Waals surface area contributed by atoms with E-state index < -0.39 is 0 Å². The van der Waals surface area contributed by atoms with Crippen molar-refractivity contribution in [3.63, 3.8) is 0 Å². The Morgan fingerprint density at radius 1 is 1.62 bits per heavy atom. The number of anilines is 1. The lowest BCUT2D eigenvalue weighted by Gasteiger charge is -2.28. The molecule has 0 spiro atoms. The van der Waals surface area contributed by atoms with Gasteiger partial charge in [-0.25, -0.2) is 0 Å². The van der Waals surface area contributed by atoms with Crippen LogP contribution in [0.1, 0.15) is 6.92 Å². The number of ether oxygens (including phenoxy) is 1. The molecule has 0 N–H and O–H groups in total. The minimum atomic E-state index is -0.0634. The Balaban J connectivity index is 2.45. The van der Waals surface area contributed by atoms with Crippen molar-refractivity contribution >= 4 is 17.3 Å². The molecule has 1 amide bonds. The molecule has 1 aromatic rings. The van der Waals surface area contributed by atoms with E-state index in [1.165, 1.54) is 0 Å². The average molecular weight is 218 g/mol. The number of carbonyl (C=O) groups excluding carboxylic acids is 1.